The highest BCUT2D eigenvalue weighted by atomic mass is 16.5. The van der Waals surface area contributed by atoms with Crippen LogP contribution in [0.4, 0.5) is 16.2 Å². The molecule has 38 heavy (non-hydrogen) atoms. The lowest BCUT2D eigenvalue weighted by molar-refractivity contribution is 0.102. The molecule has 0 saturated carbocycles. The van der Waals surface area contributed by atoms with Crippen LogP contribution in [0.1, 0.15) is 46.9 Å². The van der Waals surface area contributed by atoms with E-state index < -0.39 is 6.09 Å². The fourth-order valence-corrected chi connectivity index (χ4v) is 4.06. The van der Waals surface area contributed by atoms with Crippen LogP contribution in [0, 0.1) is 6.92 Å². The van der Waals surface area contributed by atoms with Gasteiger partial charge in [0.25, 0.3) is 5.91 Å². The number of anilines is 2. The lowest BCUT2D eigenvalue weighted by Gasteiger charge is -2.13. The summed E-state index contributed by atoms with van der Waals surface area (Å²) in [6.07, 6.45) is 2.52. The normalized spacial score (nSPS) is 10.7. The number of rotatable bonds is 8. The Morgan fingerprint density at radius 3 is 2.42 bits per heavy atom. The standard InChI is InChI=1S/C30H30N4O4/c1-19(2)25-11-10-24(14-20(25)3)33-28(35)26-15-22(12-13-31-26)23-16-27(29(37-4)32-17-23)34-30(36)38-18-21-8-6-5-7-9-21/h5-17,19H,18H2,1-4H3,(H,33,35)(H,34,36). The van der Waals surface area contributed by atoms with Gasteiger partial charge in [0.1, 0.15) is 18.0 Å². The third kappa shape index (κ3) is 6.53. The topological polar surface area (TPSA) is 102 Å². The van der Waals surface area contributed by atoms with Gasteiger partial charge in [-0.05, 0) is 65.4 Å². The number of carbonyl (C=O) groups excluding carboxylic acids is 2. The number of amides is 2. The van der Waals surface area contributed by atoms with E-state index in [0.717, 1.165) is 11.1 Å². The molecule has 8 nitrogen and oxygen atoms in total. The van der Waals surface area contributed by atoms with E-state index in [2.05, 4.69) is 34.4 Å². The van der Waals surface area contributed by atoms with Crippen molar-refractivity contribution in [1.29, 1.82) is 0 Å². The molecule has 194 valence electrons. The van der Waals surface area contributed by atoms with E-state index in [0.29, 0.717) is 28.4 Å². The third-order valence-electron chi connectivity index (χ3n) is 5.97. The maximum Gasteiger partial charge on any atom is 0.412 e. The number of aryl methyl sites for hydroxylation is 1. The Hall–Kier alpha value is -4.72. The van der Waals surface area contributed by atoms with Gasteiger partial charge in [-0.1, -0.05) is 50.2 Å². The van der Waals surface area contributed by atoms with E-state index in [9.17, 15) is 9.59 Å². The number of hydrogen-bond donors (Lipinski definition) is 2. The summed E-state index contributed by atoms with van der Waals surface area (Å²) in [5.74, 6) is 0.312. The Morgan fingerprint density at radius 1 is 0.921 bits per heavy atom. The summed E-state index contributed by atoms with van der Waals surface area (Å²) in [5.41, 5.74) is 5.89. The lowest BCUT2D eigenvalue weighted by atomic mass is 9.97. The van der Waals surface area contributed by atoms with Crippen LogP contribution < -0.4 is 15.4 Å². The molecule has 0 spiro atoms. The molecule has 0 bridgehead atoms. The largest absolute Gasteiger partial charge is 0.480 e. The highest BCUT2D eigenvalue weighted by Gasteiger charge is 2.15. The van der Waals surface area contributed by atoms with Gasteiger partial charge in [-0.2, -0.15) is 0 Å². The van der Waals surface area contributed by atoms with Gasteiger partial charge in [0.2, 0.25) is 5.88 Å². The number of nitrogens with zero attached hydrogens (tertiary/aromatic N) is 2. The zero-order chi connectivity index (χ0) is 27.1. The van der Waals surface area contributed by atoms with Crippen molar-refractivity contribution in [3.8, 4) is 17.0 Å². The molecule has 2 heterocycles. The van der Waals surface area contributed by atoms with Crippen LogP contribution in [0.25, 0.3) is 11.1 Å². The Bertz CT molecular complexity index is 1440. The van der Waals surface area contributed by atoms with Gasteiger partial charge < -0.3 is 14.8 Å². The van der Waals surface area contributed by atoms with Gasteiger partial charge in [0.15, 0.2) is 0 Å². The van der Waals surface area contributed by atoms with Crippen molar-refractivity contribution in [3.63, 3.8) is 0 Å². The first-order valence-corrected chi connectivity index (χ1v) is 12.2. The number of nitrogens with one attached hydrogen (secondary N) is 2. The predicted molar refractivity (Wildman–Crippen MR) is 147 cm³/mol. The first kappa shape index (κ1) is 26.3. The second-order valence-electron chi connectivity index (χ2n) is 9.08. The highest BCUT2D eigenvalue weighted by Crippen LogP contribution is 2.29. The molecule has 0 saturated heterocycles. The van der Waals surface area contributed by atoms with E-state index in [1.165, 1.54) is 12.7 Å². The third-order valence-corrected chi connectivity index (χ3v) is 5.97. The maximum absolute atomic E-state index is 12.9. The molecule has 2 aromatic heterocycles. The number of aromatic nitrogens is 2. The van der Waals surface area contributed by atoms with Crippen LogP contribution in [0.5, 0.6) is 5.88 Å². The SMILES string of the molecule is COc1ncc(-c2ccnc(C(=O)Nc3ccc(C(C)C)c(C)c3)c2)cc1NC(=O)OCc1ccccc1. The number of carbonyl (C=O) groups is 2. The molecule has 0 atom stereocenters. The summed E-state index contributed by atoms with van der Waals surface area (Å²) in [4.78, 5) is 33.9. The first-order chi connectivity index (χ1) is 18.3. The van der Waals surface area contributed by atoms with E-state index in [-0.39, 0.29) is 24.1 Å². The van der Waals surface area contributed by atoms with Gasteiger partial charge >= 0.3 is 6.09 Å². The van der Waals surface area contributed by atoms with Crippen LogP contribution in [0.15, 0.2) is 79.1 Å². The molecule has 2 amide bonds. The predicted octanol–water partition coefficient (Wildman–Crippen LogP) is 6.59. The molecule has 0 radical (unpaired) electrons. The van der Waals surface area contributed by atoms with E-state index in [1.807, 2.05) is 55.5 Å². The van der Waals surface area contributed by atoms with Gasteiger partial charge in [0.05, 0.1) is 7.11 Å². The van der Waals surface area contributed by atoms with E-state index in [1.54, 1.807) is 30.6 Å². The van der Waals surface area contributed by atoms with Crippen molar-refractivity contribution < 1.29 is 19.1 Å². The van der Waals surface area contributed by atoms with Gasteiger partial charge in [-0.15, -0.1) is 0 Å². The minimum Gasteiger partial charge on any atom is -0.480 e. The maximum atomic E-state index is 12.9. The average Bonchev–Trinajstić information content (AvgIpc) is 2.92. The lowest BCUT2D eigenvalue weighted by Crippen LogP contribution is -2.15. The number of methoxy groups -OCH3 is 1. The molecule has 0 aliphatic rings. The van der Waals surface area contributed by atoms with Gasteiger partial charge in [0, 0.05) is 23.6 Å². The zero-order valence-corrected chi connectivity index (χ0v) is 21.8. The number of pyridine rings is 2. The molecule has 4 rings (SSSR count). The summed E-state index contributed by atoms with van der Waals surface area (Å²) >= 11 is 0. The summed E-state index contributed by atoms with van der Waals surface area (Å²) in [6, 6.07) is 20.4. The van der Waals surface area contributed by atoms with Crippen molar-refractivity contribution in [2.45, 2.75) is 33.3 Å². The summed E-state index contributed by atoms with van der Waals surface area (Å²) < 4.78 is 10.6. The van der Waals surface area contributed by atoms with Crippen molar-refractivity contribution in [2.24, 2.45) is 0 Å². The average molecular weight is 511 g/mol. The Balaban J connectivity index is 1.49. The number of benzene rings is 2. The Morgan fingerprint density at radius 2 is 1.71 bits per heavy atom. The Labute approximate surface area is 222 Å². The van der Waals surface area contributed by atoms with Crippen molar-refractivity contribution in [2.75, 3.05) is 17.7 Å². The van der Waals surface area contributed by atoms with Gasteiger partial charge in [-0.25, -0.2) is 9.78 Å². The first-order valence-electron chi connectivity index (χ1n) is 12.2. The van der Waals surface area contributed by atoms with E-state index >= 15 is 0 Å². The molecule has 8 heteroatoms. The van der Waals surface area contributed by atoms with Crippen molar-refractivity contribution >= 4 is 23.4 Å². The molecular formula is C30H30N4O4. The monoisotopic (exact) mass is 510 g/mol. The summed E-state index contributed by atoms with van der Waals surface area (Å²) in [7, 11) is 1.47. The fourth-order valence-electron chi connectivity index (χ4n) is 4.06. The minimum atomic E-state index is -0.639. The number of hydrogen-bond acceptors (Lipinski definition) is 6. The molecule has 0 aliphatic carbocycles. The highest BCUT2D eigenvalue weighted by molar-refractivity contribution is 6.03. The summed E-state index contributed by atoms with van der Waals surface area (Å²) in [6.45, 7) is 6.44. The minimum absolute atomic E-state index is 0.130. The van der Waals surface area contributed by atoms with Crippen molar-refractivity contribution in [1.82, 2.24) is 9.97 Å². The van der Waals surface area contributed by atoms with Crippen LogP contribution in [-0.2, 0) is 11.3 Å². The molecule has 0 fully saturated rings. The summed E-state index contributed by atoms with van der Waals surface area (Å²) in [5, 5.41) is 5.60. The smallest absolute Gasteiger partial charge is 0.412 e. The Kier molecular flexibility index (Phi) is 8.33. The second-order valence-corrected chi connectivity index (χ2v) is 9.08. The molecular weight excluding hydrogens is 480 g/mol. The fraction of sp³-hybridized carbons (Fsp3) is 0.200. The zero-order valence-electron chi connectivity index (χ0n) is 21.8. The second kappa shape index (κ2) is 12.0. The quantitative estimate of drug-likeness (QED) is 0.277. The van der Waals surface area contributed by atoms with E-state index in [4.69, 9.17) is 9.47 Å². The van der Waals surface area contributed by atoms with Crippen LogP contribution in [-0.4, -0.2) is 29.1 Å². The molecule has 2 aromatic carbocycles. The van der Waals surface area contributed by atoms with Crippen LogP contribution >= 0.6 is 0 Å². The molecule has 0 aliphatic heterocycles. The molecule has 2 N–H and O–H groups in total. The van der Waals surface area contributed by atoms with Gasteiger partial charge in [-0.3, -0.25) is 15.1 Å². The van der Waals surface area contributed by atoms with Crippen LogP contribution in [0.3, 0.4) is 0 Å². The molecule has 0 unspecified atom stereocenters. The van der Waals surface area contributed by atoms with Crippen molar-refractivity contribution in [3.05, 3.63) is 102 Å². The van der Waals surface area contributed by atoms with Crippen LogP contribution in [0.2, 0.25) is 0 Å². The number of ether oxygens (including phenoxy) is 2. The molecule has 4 aromatic rings.